The molecule has 0 aromatic heterocycles. The van der Waals surface area contributed by atoms with Crippen molar-refractivity contribution in [2.75, 3.05) is 13.2 Å². The van der Waals surface area contributed by atoms with Crippen LogP contribution < -0.4 is 4.74 Å². The summed E-state index contributed by atoms with van der Waals surface area (Å²) in [4.78, 5) is 12.4. The number of carbonyl (C=O) groups excluding carboxylic acids is 1. The minimum atomic E-state index is -1.32. The lowest BCUT2D eigenvalue weighted by Crippen LogP contribution is -2.47. The number of Topliss-reactive ketones (excluding diaryl/α,β-unsaturated/α-hetero) is 1. The van der Waals surface area contributed by atoms with E-state index in [1.165, 1.54) is 0 Å². The second kappa shape index (κ2) is 5.25. The van der Waals surface area contributed by atoms with Gasteiger partial charge in [0, 0.05) is 11.1 Å². The molecule has 0 radical (unpaired) electrons. The van der Waals surface area contributed by atoms with Gasteiger partial charge in [-0.3, -0.25) is 4.79 Å². The molecule has 1 aliphatic heterocycles. The summed E-state index contributed by atoms with van der Waals surface area (Å²) in [7, 11) is 0. The van der Waals surface area contributed by atoms with Gasteiger partial charge < -0.3 is 19.3 Å². The van der Waals surface area contributed by atoms with Crippen LogP contribution in [0.25, 0.3) is 0 Å². The highest BCUT2D eigenvalue weighted by molar-refractivity contribution is 6.14. The topological polar surface area (TPSA) is 65.0 Å². The highest BCUT2D eigenvalue weighted by atomic mass is 16.7. The summed E-state index contributed by atoms with van der Waals surface area (Å²) in [6, 6.07) is 1.79. The number of aromatic hydroxyl groups is 1. The van der Waals surface area contributed by atoms with Crippen molar-refractivity contribution in [3.63, 3.8) is 0 Å². The molecule has 5 nitrogen and oxygen atoms in total. The number of benzene rings is 1. The molecular weight excluding hydrogens is 284 g/mol. The summed E-state index contributed by atoms with van der Waals surface area (Å²) in [5.74, 6) is -0.911. The molecule has 1 saturated heterocycles. The fraction of sp³-hybridized carbons (Fsp3) is 0.588. The zero-order valence-corrected chi connectivity index (χ0v) is 13.4. The minimum Gasteiger partial charge on any atom is -0.507 e. The van der Waals surface area contributed by atoms with Crippen LogP contribution in [0.3, 0.4) is 0 Å². The van der Waals surface area contributed by atoms with Crippen molar-refractivity contribution in [1.29, 1.82) is 0 Å². The van der Waals surface area contributed by atoms with Gasteiger partial charge in [-0.2, -0.15) is 0 Å². The number of phenolic OH excluding ortho intramolecular Hbond substituents is 1. The Kier molecular flexibility index (Phi) is 3.65. The first-order chi connectivity index (χ1) is 10.4. The van der Waals surface area contributed by atoms with Crippen LogP contribution in [0.1, 0.15) is 61.5 Å². The van der Waals surface area contributed by atoms with E-state index in [0.29, 0.717) is 35.7 Å². The molecular formula is C17H22O5. The molecule has 22 heavy (non-hydrogen) atoms. The van der Waals surface area contributed by atoms with E-state index in [0.717, 1.165) is 6.42 Å². The molecule has 1 unspecified atom stereocenters. The number of ketones is 1. The third kappa shape index (κ3) is 1.96. The van der Waals surface area contributed by atoms with Crippen LogP contribution in [-0.4, -0.2) is 30.2 Å². The zero-order valence-electron chi connectivity index (χ0n) is 13.4. The predicted molar refractivity (Wildman–Crippen MR) is 80.5 cm³/mol. The molecule has 0 saturated carbocycles. The van der Waals surface area contributed by atoms with Crippen LogP contribution in [0.2, 0.25) is 0 Å². The highest BCUT2D eigenvalue weighted by Gasteiger charge is 2.59. The number of rotatable bonds is 4. The molecule has 0 bridgehead atoms. The number of fused-ring (bicyclic) bond motifs is 2. The molecule has 1 aliphatic carbocycles. The highest BCUT2D eigenvalue weighted by Crippen LogP contribution is 2.53. The standard InChI is InChI=1S/C17H22O5/c1-5-10(4)13-12(22-9(2)3)8-11-14(15(13)18)16(19)17(11)20-6-7-21-17/h8-10,18H,5-7H2,1-4H3. The van der Waals surface area contributed by atoms with Gasteiger partial charge in [0.2, 0.25) is 5.78 Å². The van der Waals surface area contributed by atoms with Crippen molar-refractivity contribution in [2.24, 2.45) is 0 Å². The number of phenols is 1. The zero-order chi connectivity index (χ0) is 16.1. The third-order valence-electron chi connectivity index (χ3n) is 4.34. The average molecular weight is 306 g/mol. The molecule has 1 aromatic rings. The average Bonchev–Trinajstić information content (AvgIpc) is 2.97. The van der Waals surface area contributed by atoms with E-state index in [9.17, 15) is 9.90 Å². The van der Waals surface area contributed by atoms with Crippen molar-refractivity contribution < 1.29 is 24.1 Å². The monoisotopic (exact) mass is 306 g/mol. The van der Waals surface area contributed by atoms with E-state index in [-0.39, 0.29) is 23.6 Å². The Hall–Kier alpha value is -1.59. The van der Waals surface area contributed by atoms with Crippen LogP contribution in [-0.2, 0) is 15.3 Å². The first-order valence-corrected chi connectivity index (χ1v) is 7.82. The van der Waals surface area contributed by atoms with Crippen molar-refractivity contribution >= 4 is 5.78 Å². The van der Waals surface area contributed by atoms with E-state index in [1.54, 1.807) is 6.07 Å². The van der Waals surface area contributed by atoms with Crippen molar-refractivity contribution in [3.8, 4) is 11.5 Å². The molecule has 1 atom stereocenters. The lowest BCUT2D eigenvalue weighted by atomic mass is 9.76. The smallest absolute Gasteiger partial charge is 0.262 e. The van der Waals surface area contributed by atoms with Gasteiger partial charge in [-0.15, -0.1) is 0 Å². The fourth-order valence-corrected chi connectivity index (χ4v) is 3.10. The molecule has 120 valence electrons. The number of ether oxygens (including phenoxy) is 3. The van der Waals surface area contributed by atoms with E-state index < -0.39 is 5.79 Å². The van der Waals surface area contributed by atoms with Gasteiger partial charge >= 0.3 is 0 Å². The first-order valence-electron chi connectivity index (χ1n) is 7.82. The van der Waals surface area contributed by atoms with Crippen LogP contribution in [0.15, 0.2) is 6.07 Å². The maximum Gasteiger partial charge on any atom is 0.262 e. The fourth-order valence-electron chi connectivity index (χ4n) is 3.10. The van der Waals surface area contributed by atoms with Crippen LogP contribution >= 0.6 is 0 Å². The SMILES string of the molecule is CCC(C)c1c(OC(C)C)cc2c(c1O)C(=O)C21OCCO1. The lowest BCUT2D eigenvalue weighted by molar-refractivity contribution is -0.137. The Morgan fingerprint density at radius 3 is 2.50 bits per heavy atom. The van der Waals surface area contributed by atoms with Gasteiger partial charge in [-0.1, -0.05) is 13.8 Å². The van der Waals surface area contributed by atoms with Gasteiger partial charge in [-0.25, -0.2) is 0 Å². The van der Waals surface area contributed by atoms with Gasteiger partial charge in [-0.05, 0) is 32.3 Å². The Bertz CT molecular complexity index is 614. The van der Waals surface area contributed by atoms with E-state index >= 15 is 0 Å². The summed E-state index contributed by atoms with van der Waals surface area (Å²) < 4.78 is 16.9. The minimum absolute atomic E-state index is 0.0113. The van der Waals surface area contributed by atoms with Gasteiger partial charge in [0.05, 0.1) is 24.9 Å². The van der Waals surface area contributed by atoms with Crippen molar-refractivity contribution in [1.82, 2.24) is 0 Å². The Balaban J connectivity index is 2.16. The second-order valence-corrected chi connectivity index (χ2v) is 6.18. The molecule has 1 fully saturated rings. The van der Waals surface area contributed by atoms with Crippen molar-refractivity contribution in [2.45, 2.75) is 51.9 Å². The molecule has 1 N–H and O–H groups in total. The summed E-state index contributed by atoms with van der Waals surface area (Å²) in [5, 5.41) is 10.6. The summed E-state index contributed by atoms with van der Waals surface area (Å²) in [5.41, 5.74) is 1.58. The lowest BCUT2D eigenvalue weighted by Gasteiger charge is -2.38. The Labute approximate surface area is 130 Å². The molecule has 3 rings (SSSR count). The number of hydrogen-bond donors (Lipinski definition) is 1. The maximum atomic E-state index is 12.4. The number of carbonyl (C=O) groups is 1. The quantitative estimate of drug-likeness (QED) is 0.926. The van der Waals surface area contributed by atoms with Gasteiger partial charge in [0.25, 0.3) is 5.79 Å². The first kappa shape index (κ1) is 15.3. The molecule has 1 spiro atoms. The number of hydrogen-bond acceptors (Lipinski definition) is 5. The van der Waals surface area contributed by atoms with Crippen LogP contribution in [0.5, 0.6) is 11.5 Å². The predicted octanol–water partition coefficient (Wildman–Crippen LogP) is 3.09. The summed E-state index contributed by atoms with van der Waals surface area (Å²) in [6.07, 6.45) is 0.810. The molecule has 1 aromatic carbocycles. The maximum absolute atomic E-state index is 12.4. The van der Waals surface area contributed by atoms with Gasteiger partial charge in [0.1, 0.15) is 11.5 Å². The van der Waals surface area contributed by atoms with Gasteiger partial charge in [0.15, 0.2) is 0 Å². The van der Waals surface area contributed by atoms with E-state index in [4.69, 9.17) is 14.2 Å². The Morgan fingerprint density at radius 1 is 1.32 bits per heavy atom. The molecule has 0 amide bonds. The largest absolute Gasteiger partial charge is 0.507 e. The van der Waals surface area contributed by atoms with Crippen LogP contribution in [0.4, 0.5) is 0 Å². The second-order valence-electron chi connectivity index (χ2n) is 6.18. The summed E-state index contributed by atoms with van der Waals surface area (Å²) in [6.45, 7) is 8.66. The van der Waals surface area contributed by atoms with Crippen LogP contribution in [0, 0.1) is 0 Å². The molecule has 2 aliphatic rings. The molecule has 5 heteroatoms. The van der Waals surface area contributed by atoms with E-state index in [2.05, 4.69) is 0 Å². The van der Waals surface area contributed by atoms with Crippen molar-refractivity contribution in [3.05, 3.63) is 22.8 Å². The van der Waals surface area contributed by atoms with E-state index in [1.807, 2.05) is 27.7 Å². The normalized spacial score (nSPS) is 20.1. The third-order valence-corrected chi connectivity index (χ3v) is 4.34. The summed E-state index contributed by atoms with van der Waals surface area (Å²) >= 11 is 0. The Morgan fingerprint density at radius 2 is 1.95 bits per heavy atom. The molecule has 1 heterocycles.